The third-order valence-corrected chi connectivity index (χ3v) is 6.20. The van der Waals surface area contributed by atoms with Crippen molar-refractivity contribution in [2.75, 3.05) is 44.3 Å². The maximum absolute atomic E-state index is 13.5. The number of morpholine rings is 1. The summed E-state index contributed by atoms with van der Waals surface area (Å²) in [5, 5.41) is 4.98. The molecule has 0 saturated carbocycles. The summed E-state index contributed by atoms with van der Waals surface area (Å²) in [6.07, 6.45) is 1.73. The van der Waals surface area contributed by atoms with E-state index < -0.39 is 0 Å². The number of para-hydroxylation sites is 1. The van der Waals surface area contributed by atoms with Gasteiger partial charge in [0.25, 0.3) is 5.91 Å². The third kappa shape index (κ3) is 3.67. The van der Waals surface area contributed by atoms with Crippen LogP contribution < -0.4 is 4.90 Å². The van der Waals surface area contributed by atoms with Gasteiger partial charge in [0.15, 0.2) is 5.13 Å². The molecule has 0 bridgehead atoms. The van der Waals surface area contributed by atoms with E-state index >= 15 is 0 Å². The summed E-state index contributed by atoms with van der Waals surface area (Å²) in [7, 11) is 1.81. The lowest BCUT2D eigenvalue weighted by Crippen LogP contribution is -2.43. The zero-order valence-corrected chi connectivity index (χ0v) is 17.3. The van der Waals surface area contributed by atoms with Crippen molar-refractivity contribution < 1.29 is 9.53 Å². The lowest BCUT2D eigenvalue weighted by atomic mass is 10.2. The number of benzene rings is 1. The molecule has 1 saturated heterocycles. The Kier molecular flexibility index (Phi) is 5.43. The van der Waals surface area contributed by atoms with Crippen LogP contribution in [-0.4, -0.2) is 65.0 Å². The zero-order chi connectivity index (χ0) is 19.7. The van der Waals surface area contributed by atoms with Gasteiger partial charge in [-0.25, -0.2) is 4.98 Å². The topological polar surface area (TPSA) is 63.5 Å². The highest BCUT2D eigenvalue weighted by atomic mass is 32.1. The molecule has 0 N–H and O–H groups in total. The Balaban J connectivity index is 1.67. The number of nitrogens with zero attached hydrogens (tertiary/aromatic N) is 5. The first-order chi connectivity index (χ1) is 13.5. The standard InChI is InChI=1S/C20H25N5O2S/c1-14-5-4-6-16-17(14)22-20(28-16)25(8-7-24-9-11-27-12-10-24)19(26)18-15(2)13-21-23(18)3/h4-6,13H,7-12H2,1-3H3. The first-order valence-electron chi connectivity index (χ1n) is 9.51. The molecule has 0 unspecified atom stereocenters. The molecule has 0 atom stereocenters. The highest BCUT2D eigenvalue weighted by molar-refractivity contribution is 7.22. The molecule has 4 rings (SSSR count). The van der Waals surface area contributed by atoms with E-state index in [9.17, 15) is 4.79 Å². The average molecular weight is 400 g/mol. The minimum Gasteiger partial charge on any atom is -0.379 e. The first-order valence-corrected chi connectivity index (χ1v) is 10.3. The van der Waals surface area contributed by atoms with Crippen LogP contribution in [0.5, 0.6) is 0 Å². The molecule has 1 amide bonds. The molecule has 3 aromatic rings. The van der Waals surface area contributed by atoms with Crippen LogP contribution in [0.1, 0.15) is 21.6 Å². The molecule has 0 aliphatic carbocycles. The molecule has 0 radical (unpaired) electrons. The van der Waals surface area contributed by atoms with E-state index in [0.717, 1.165) is 59.3 Å². The second-order valence-electron chi connectivity index (χ2n) is 7.13. The van der Waals surface area contributed by atoms with Crippen molar-refractivity contribution in [2.45, 2.75) is 13.8 Å². The summed E-state index contributed by atoms with van der Waals surface area (Å²) < 4.78 is 8.19. The van der Waals surface area contributed by atoms with Crippen molar-refractivity contribution in [3.05, 3.63) is 41.2 Å². The Morgan fingerprint density at radius 3 is 2.71 bits per heavy atom. The van der Waals surface area contributed by atoms with Crippen LogP contribution in [0.3, 0.4) is 0 Å². The number of ether oxygens (including phenoxy) is 1. The first kappa shape index (κ1) is 19.0. The van der Waals surface area contributed by atoms with Crippen LogP contribution in [0.15, 0.2) is 24.4 Å². The van der Waals surface area contributed by atoms with Gasteiger partial charge in [-0.1, -0.05) is 23.5 Å². The Bertz CT molecular complexity index is 970. The fourth-order valence-corrected chi connectivity index (χ4v) is 4.59. The summed E-state index contributed by atoms with van der Waals surface area (Å²) in [6.45, 7) is 8.63. The predicted octanol–water partition coefficient (Wildman–Crippen LogP) is 2.63. The van der Waals surface area contributed by atoms with Gasteiger partial charge in [0.1, 0.15) is 5.69 Å². The smallest absolute Gasteiger partial charge is 0.278 e. The van der Waals surface area contributed by atoms with Crippen molar-refractivity contribution >= 4 is 32.6 Å². The molecular weight excluding hydrogens is 374 g/mol. The molecule has 2 aromatic heterocycles. The molecule has 7 nitrogen and oxygen atoms in total. The van der Waals surface area contributed by atoms with Gasteiger partial charge in [-0.2, -0.15) is 5.10 Å². The monoisotopic (exact) mass is 399 g/mol. The largest absolute Gasteiger partial charge is 0.379 e. The summed E-state index contributed by atoms with van der Waals surface area (Å²) in [5.74, 6) is -0.0533. The number of anilines is 1. The van der Waals surface area contributed by atoms with Crippen molar-refractivity contribution in [3.8, 4) is 0 Å². The van der Waals surface area contributed by atoms with Gasteiger partial charge < -0.3 is 4.74 Å². The number of aromatic nitrogens is 3. The van der Waals surface area contributed by atoms with E-state index in [-0.39, 0.29) is 5.91 Å². The quantitative estimate of drug-likeness (QED) is 0.660. The Labute approximate surface area is 168 Å². The van der Waals surface area contributed by atoms with Crippen LogP contribution >= 0.6 is 11.3 Å². The maximum atomic E-state index is 13.5. The minimum absolute atomic E-state index is 0.0533. The van der Waals surface area contributed by atoms with Crippen molar-refractivity contribution in [1.82, 2.24) is 19.7 Å². The summed E-state index contributed by atoms with van der Waals surface area (Å²) in [6, 6.07) is 6.14. The third-order valence-electron chi connectivity index (χ3n) is 5.15. The molecule has 1 aliphatic heterocycles. The van der Waals surface area contributed by atoms with Gasteiger partial charge in [-0.3, -0.25) is 19.3 Å². The summed E-state index contributed by atoms with van der Waals surface area (Å²) in [4.78, 5) is 22.4. The van der Waals surface area contributed by atoms with Crippen LogP contribution in [0.4, 0.5) is 5.13 Å². The van der Waals surface area contributed by atoms with E-state index in [1.807, 2.05) is 24.9 Å². The van der Waals surface area contributed by atoms with E-state index in [1.54, 1.807) is 22.2 Å². The van der Waals surface area contributed by atoms with E-state index in [4.69, 9.17) is 9.72 Å². The van der Waals surface area contributed by atoms with E-state index in [0.29, 0.717) is 12.2 Å². The molecule has 1 aromatic carbocycles. The fourth-order valence-electron chi connectivity index (χ4n) is 3.52. The Hall–Kier alpha value is -2.29. The van der Waals surface area contributed by atoms with Crippen LogP contribution in [0.25, 0.3) is 10.2 Å². The molecule has 8 heteroatoms. The van der Waals surface area contributed by atoms with Gasteiger partial charge in [-0.05, 0) is 31.0 Å². The Morgan fingerprint density at radius 2 is 2.04 bits per heavy atom. The molecule has 1 aliphatic rings. The predicted molar refractivity (Wildman–Crippen MR) is 111 cm³/mol. The molecular formula is C20H25N5O2S. The molecule has 1 fully saturated rings. The Morgan fingerprint density at radius 1 is 1.25 bits per heavy atom. The lowest BCUT2D eigenvalue weighted by molar-refractivity contribution is 0.0391. The number of carbonyl (C=O) groups is 1. The fraction of sp³-hybridized carbons (Fsp3) is 0.450. The van der Waals surface area contributed by atoms with Gasteiger partial charge >= 0.3 is 0 Å². The minimum atomic E-state index is -0.0533. The number of amides is 1. The van der Waals surface area contributed by atoms with Crippen molar-refractivity contribution in [3.63, 3.8) is 0 Å². The van der Waals surface area contributed by atoms with Gasteiger partial charge in [0.2, 0.25) is 0 Å². The van der Waals surface area contributed by atoms with Crippen LogP contribution in [-0.2, 0) is 11.8 Å². The number of thiazole rings is 1. The van der Waals surface area contributed by atoms with E-state index in [1.165, 1.54) is 0 Å². The second-order valence-corrected chi connectivity index (χ2v) is 8.14. The van der Waals surface area contributed by atoms with Crippen molar-refractivity contribution in [2.24, 2.45) is 7.05 Å². The average Bonchev–Trinajstić information content (AvgIpc) is 3.27. The summed E-state index contributed by atoms with van der Waals surface area (Å²) in [5.41, 5.74) is 3.57. The number of fused-ring (bicyclic) bond motifs is 1. The van der Waals surface area contributed by atoms with Gasteiger partial charge in [-0.15, -0.1) is 0 Å². The number of rotatable bonds is 5. The SMILES string of the molecule is Cc1cnn(C)c1C(=O)N(CCN1CCOCC1)c1nc2c(C)cccc2s1. The second kappa shape index (κ2) is 7.98. The van der Waals surface area contributed by atoms with Crippen LogP contribution in [0, 0.1) is 13.8 Å². The van der Waals surface area contributed by atoms with Gasteiger partial charge in [0, 0.05) is 33.2 Å². The number of hydrogen-bond donors (Lipinski definition) is 0. The molecule has 148 valence electrons. The number of carbonyl (C=O) groups excluding carboxylic acids is 1. The highest BCUT2D eigenvalue weighted by Gasteiger charge is 2.26. The zero-order valence-electron chi connectivity index (χ0n) is 16.5. The summed E-state index contributed by atoms with van der Waals surface area (Å²) >= 11 is 1.56. The van der Waals surface area contributed by atoms with Crippen molar-refractivity contribution in [1.29, 1.82) is 0 Å². The normalized spacial score (nSPS) is 15.2. The molecule has 3 heterocycles. The maximum Gasteiger partial charge on any atom is 0.278 e. The van der Waals surface area contributed by atoms with Crippen LogP contribution in [0.2, 0.25) is 0 Å². The molecule has 0 spiro atoms. The number of aryl methyl sites for hydroxylation is 3. The lowest BCUT2D eigenvalue weighted by Gasteiger charge is -2.29. The van der Waals surface area contributed by atoms with Gasteiger partial charge in [0.05, 0.1) is 29.6 Å². The molecule has 28 heavy (non-hydrogen) atoms. The van der Waals surface area contributed by atoms with E-state index in [2.05, 4.69) is 29.1 Å². The highest BCUT2D eigenvalue weighted by Crippen LogP contribution is 2.31. The number of hydrogen-bond acceptors (Lipinski definition) is 6.